The van der Waals surface area contributed by atoms with Gasteiger partial charge in [0, 0.05) is 11.3 Å². The molecule has 146 valence electrons. The molecule has 4 rings (SSSR count). The summed E-state index contributed by atoms with van der Waals surface area (Å²) in [4.78, 5) is 17.4. The lowest BCUT2D eigenvalue weighted by atomic mass is 10.1. The third-order valence-electron chi connectivity index (χ3n) is 4.69. The van der Waals surface area contributed by atoms with Crippen LogP contribution in [0.2, 0.25) is 0 Å². The van der Waals surface area contributed by atoms with Crippen molar-refractivity contribution in [3.8, 4) is 17.2 Å². The number of para-hydroxylation sites is 3. The number of rotatable bonds is 5. The topological polar surface area (TPSA) is 64.4 Å². The highest BCUT2D eigenvalue weighted by Crippen LogP contribution is 2.29. The highest BCUT2D eigenvalue weighted by Gasteiger charge is 2.30. The normalized spacial score (nSPS) is 11.4. The van der Waals surface area contributed by atoms with Crippen LogP contribution in [-0.4, -0.2) is 16.5 Å². The molecule has 5 heteroatoms. The maximum absolute atomic E-state index is 12.9. The van der Waals surface area contributed by atoms with E-state index >= 15 is 0 Å². The van der Waals surface area contributed by atoms with Crippen LogP contribution >= 0.6 is 0 Å². The molecule has 1 amide bonds. The molecule has 1 N–H and O–H groups in total. The third-order valence-corrected chi connectivity index (χ3v) is 4.69. The average molecular weight is 386 g/mol. The van der Waals surface area contributed by atoms with Gasteiger partial charge >= 0.3 is 0 Å². The first-order chi connectivity index (χ1) is 13.9. The van der Waals surface area contributed by atoms with Crippen LogP contribution in [-0.2, 0) is 4.79 Å². The molecule has 3 aromatic carbocycles. The van der Waals surface area contributed by atoms with Gasteiger partial charge in [-0.25, -0.2) is 4.98 Å². The number of nitrogens with zero attached hydrogens (tertiary/aromatic N) is 1. The van der Waals surface area contributed by atoms with Crippen LogP contribution in [0.25, 0.3) is 22.6 Å². The van der Waals surface area contributed by atoms with Gasteiger partial charge in [-0.2, -0.15) is 0 Å². The molecule has 29 heavy (non-hydrogen) atoms. The Morgan fingerprint density at radius 1 is 1.00 bits per heavy atom. The van der Waals surface area contributed by atoms with Gasteiger partial charge in [0.1, 0.15) is 11.3 Å². The molecule has 0 aliphatic carbocycles. The van der Waals surface area contributed by atoms with Crippen molar-refractivity contribution in [2.24, 2.45) is 0 Å². The average Bonchev–Trinajstić information content (AvgIpc) is 3.14. The molecule has 4 aromatic rings. The molecular weight excluding hydrogens is 364 g/mol. The molecule has 0 saturated heterocycles. The Morgan fingerprint density at radius 3 is 2.48 bits per heavy atom. The van der Waals surface area contributed by atoms with Gasteiger partial charge in [0.2, 0.25) is 5.89 Å². The van der Waals surface area contributed by atoms with Crippen molar-refractivity contribution in [3.05, 3.63) is 78.4 Å². The van der Waals surface area contributed by atoms with Crippen LogP contribution < -0.4 is 10.1 Å². The standard InChI is InChI=1S/C24H22N2O3/c1-16-13-14-17(22-25-19-11-7-8-12-21(19)28-22)15-20(16)26-23(27)24(2,3)29-18-9-5-4-6-10-18/h4-15H,1-3H3,(H,26,27). The van der Waals surface area contributed by atoms with E-state index in [1.54, 1.807) is 13.8 Å². The number of aryl methyl sites for hydroxylation is 1. The summed E-state index contributed by atoms with van der Waals surface area (Å²) >= 11 is 0. The Balaban J connectivity index is 1.58. The summed E-state index contributed by atoms with van der Waals surface area (Å²) in [5, 5.41) is 2.98. The van der Waals surface area contributed by atoms with Crippen LogP contribution in [0, 0.1) is 6.92 Å². The van der Waals surface area contributed by atoms with Gasteiger partial charge < -0.3 is 14.5 Å². The summed E-state index contributed by atoms with van der Waals surface area (Å²) in [6, 6.07) is 22.7. The van der Waals surface area contributed by atoms with E-state index in [9.17, 15) is 4.79 Å². The summed E-state index contributed by atoms with van der Waals surface area (Å²) in [5.74, 6) is 0.922. The minimum Gasteiger partial charge on any atom is -0.478 e. The Labute approximate surface area is 169 Å². The van der Waals surface area contributed by atoms with E-state index in [0.29, 0.717) is 17.3 Å². The van der Waals surface area contributed by atoms with Crippen molar-refractivity contribution in [1.29, 1.82) is 0 Å². The van der Waals surface area contributed by atoms with Crippen LogP contribution in [0.1, 0.15) is 19.4 Å². The second-order valence-corrected chi connectivity index (χ2v) is 7.40. The Bertz CT molecular complexity index is 1130. The molecule has 0 aliphatic rings. The zero-order valence-corrected chi connectivity index (χ0v) is 16.6. The summed E-state index contributed by atoms with van der Waals surface area (Å²) in [5.41, 5.74) is 2.91. The van der Waals surface area contributed by atoms with Crippen LogP contribution in [0.5, 0.6) is 5.75 Å². The first-order valence-electron chi connectivity index (χ1n) is 9.44. The number of aromatic nitrogens is 1. The number of hydrogen-bond acceptors (Lipinski definition) is 4. The van der Waals surface area contributed by atoms with Gasteiger partial charge in [-0.05, 0) is 62.7 Å². The maximum atomic E-state index is 12.9. The van der Waals surface area contributed by atoms with Crippen molar-refractivity contribution < 1.29 is 13.9 Å². The van der Waals surface area contributed by atoms with Crippen LogP contribution in [0.3, 0.4) is 0 Å². The van der Waals surface area contributed by atoms with Crippen molar-refractivity contribution >= 4 is 22.7 Å². The van der Waals surface area contributed by atoms with Crippen molar-refractivity contribution in [2.45, 2.75) is 26.4 Å². The lowest BCUT2D eigenvalue weighted by Crippen LogP contribution is -2.42. The zero-order chi connectivity index (χ0) is 20.4. The lowest BCUT2D eigenvalue weighted by Gasteiger charge is -2.25. The Morgan fingerprint density at radius 2 is 1.72 bits per heavy atom. The van der Waals surface area contributed by atoms with Gasteiger partial charge in [0.05, 0.1) is 0 Å². The fourth-order valence-corrected chi connectivity index (χ4v) is 2.99. The lowest BCUT2D eigenvalue weighted by molar-refractivity contribution is -0.128. The van der Waals surface area contributed by atoms with Crippen LogP contribution in [0.4, 0.5) is 5.69 Å². The SMILES string of the molecule is Cc1ccc(-c2nc3ccccc3o2)cc1NC(=O)C(C)(C)Oc1ccccc1. The van der Waals surface area contributed by atoms with Crippen LogP contribution in [0.15, 0.2) is 77.2 Å². The zero-order valence-electron chi connectivity index (χ0n) is 16.6. The summed E-state index contributed by atoms with van der Waals surface area (Å²) in [6.07, 6.45) is 0. The molecule has 0 atom stereocenters. The number of benzene rings is 3. The van der Waals surface area contributed by atoms with Gasteiger partial charge in [-0.3, -0.25) is 4.79 Å². The summed E-state index contributed by atoms with van der Waals surface area (Å²) < 4.78 is 11.7. The number of carbonyl (C=O) groups excluding carboxylic acids is 1. The molecular formula is C24H22N2O3. The number of oxazole rings is 1. The van der Waals surface area contributed by atoms with Crippen molar-refractivity contribution in [2.75, 3.05) is 5.32 Å². The first-order valence-corrected chi connectivity index (χ1v) is 9.44. The molecule has 0 spiro atoms. The number of anilines is 1. The number of fused-ring (bicyclic) bond motifs is 1. The monoisotopic (exact) mass is 386 g/mol. The van der Waals surface area contributed by atoms with E-state index < -0.39 is 5.60 Å². The predicted octanol–water partition coefficient (Wildman–Crippen LogP) is 5.60. The Kier molecular flexibility index (Phi) is 4.80. The molecule has 1 aromatic heterocycles. The minimum absolute atomic E-state index is 0.237. The molecule has 5 nitrogen and oxygen atoms in total. The molecule has 0 saturated carbocycles. The molecule has 0 unspecified atom stereocenters. The van der Waals surface area contributed by atoms with E-state index in [2.05, 4.69) is 10.3 Å². The highest BCUT2D eigenvalue weighted by molar-refractivity contribution is 5.98. The second-order valence-electron chi connectivity index (χ2n) is 7.40. The fourth-order valence-electron chi connectivity index (χ4n) is 2.99. The number of carbonyl (C=O) groups is 1. The van der Waals surface area contributed by atoms with E-state index in [-0.39, 0.29) is 5.91 Å². The second kappa shape index (κ2) is 7.43. The number of hydrogen-bond donors (Lipinski definition) is 1. The quantitative estimate of drug-likeness (QED) is 0.485. The smallest absolute Gasteiger partial charge is 0.267 e. The molecule has 0 bridgehead atoms. The Hall–Kier alpha value is -3.60. The van der Waals surface area contributed by atoms with E-state index in [1.807, 2.05) is 79.7 Å². The van der Waals surface area contributed by atoms with Crippen molar-refractivity contribution in [1.82, 2.24) is 4.98 Å². The maximum Gasteiger partial charge on any atom is 0.267 e. The van der Waals surface area contributed by atoms with E-state index in [1.165, 1.54) is 0 Å². The molecule has 0 fully saturated rings. The summed E-state index contributed by atoms with van der Waals surface area (Å²) in [6.45, 7) is 5.43. The van der Waals surface area contributed by atoms with E-state index in [0.717, 1.165) is 22.2 Å². The van der Waals surface area contributed by atoms with E-state index in [4.69, 9.17) is 9.15 Å². The van der Waals surface area contributed by atoms with Gasteiger partial charge in [-0.1, -0.05) is 36.4 Å². The summed E-state index contributed by atoms with van der Waals surface area (Å²) in [7, 11) is 0. The molecule has 0 aliphatic heterocycles. The first kappa shape index (κ1) is 18.7. The minimum atomic E-state index is -1.04. The van der Waals surface area contributed by atoms with Crippen molar-refractivity contribution in [3.63, 3.8) is 0 Å². The number of ether oxygens (including phenoxy) is 1. The highest BCUT2D eigenvalue weighted by atomic mass is 16.5. The number of amides is 1. The molecule has 0 radical (unpaired) electrons. The fraction of sp³-hybridized carbons (Fsp3) is 0.167. The number of nitrogens with one attached hydrogen (secondary N) is 1. The van der Waals surface area contributed by atoms with Gasteiger partial charge in [0.25, 0.3) is 5.91 Å². The van der Waals surface area contributed by atoms with Gasteiger partial charge in [0.15, 0.2) is 11.2 Å². The van der Waals surface area contributed by atoms with Gasteiger partial charge in [-0.15, -0.1) is 0 Å². The largest absolute Gasteiger partial charge is 0.478 e. The molecule has 1 heterocycles. The predicted molar refractivity (Wildman–Crippen MR) is 114 cm³/mol. The third kappa shape index (κ3) is 3.99.